The molecule has 0 aliphatic carbocycles. The molecule has 0 aliphatic heterocycles. The third kappa shape index (κ3) is 8.16. The van der Waals surface area contributed by atoms with Crippen molar-refractivity contribution in [1.82, 2.24) is 4.90 Å². The number of rotatable bonds is 7. The molecule has 4 heteroatoms. The topological polar surface area (TPSA) is 72.3 Å². The van der Waals surface area contributed by atoms with Crippen molar-refractivity contribution in [3.05, 3.63) is 0 Å². The molecule has 0 spiro atoms. The monoisotopic (exact) mass is 243 g/mol. The van der Waals surface area contributed by atoms with Gasteiger partial charge in [-0.3, -0.25) is 4.79 Å². The van der Waals surface area contributed by atoms with Crippen LogP contribution >= 0.6 is 0 Å². The third-order valence-corrected chi connectivity index (χ3v) is 2.79. The van der Waals surface area contributed by atoms with E-state index in [-0.39, 0.29) is 0 Å². The number of carbonyl (C=O) groups is 1. The summed E-state index contributed by atoms with van der Waals surface area (Å²) in [5, 5.41) is 0. The minimum Gasteiger partial charge on any atom is -0.368 e. The van der Waals surface area contributed by atoms with Gasteiger partial charge in [-0.05, 0) is 45.2 Å². The van der Waals surface area contributed by atoms with Crippen LogP contribution in [-0.2, 0) is 4.79 Å². The Morgan fingerprint density at radius 1 is 1.18 bits per heavy atom. The quantitative estimate of drug-likeness (QED) is 0.663. The smallest absolute Gasteiger partial charge is 0.237 e. The standard InChI is InChI=1S/C13H29N3O/c1-12(2,3)10-16(5)9-7-6-8-13(4,15)11(14)17/h6-10,15H2,1-5H3,(H2,14,17). The average Bonchev–Trinajstić information content (AvgIpc) is 2.09. The zero-order valence-electron chi connectivity index (χ0n) is 12.0. The number of nitrogens with two attached hydrogens (primary N) is 2. The van der Waals surface area contributed by atoms with E-state index in [0.29, 0.717) is 11.8 Å². The van der Waals surface area contributed by atoms with Crippen LogP contribution in [0, 0.1) is 5.41 Å². The number of nitrogens with zero attached hydrogens (tertiary/aromatic N) is 1. The Morgan fingerprint density at radius 3 is 2.12 bits per heavy atom. The van der Waals surface area contributed by atoms with Crippen LogP contribution < -0.4 is 11.5 Å². The number of hydrogen-bond donors (Lipinski definition) is 2. The fourth-order valence-electron chi connectivity index (χ4n) is 1.89. The highest BCUT2D eigenvalue weighted by Crippen LogP contribution is 2.15. The van der Waals surface area contributed by atoms with E-state index in [9.17, 15) is 4.79 Å². The zero-order valence-corrected chi connectivity index (χ0v) is 12.0. The van der Waals surface area contributed by atoms with Crippen molar-refractivity contribution in [1.29, 1.82) is 0 Å². The van der Waals surface area contributed by atoms with E-state index in [2.05, 4.69) is 32.7 Å². The first-order valence-electron chi connectivity index (χ1n) is 6.32. The maximum Gasteiger partial charge on any atom is 0.237 e. The Hall–Kier alpha value is -0.610. The Kier molecular flexibility index (Phi) is 6.13. The number of unbranched alkanes of at least 4 members (excludes halogenated alkanes) is 1. The lowest BCUT2D eigenvalue weighted by Gasteiger charge is -2.27. The Balaban J connectivity index is 3.75. The second-order valence-electron chi connectivity index (χ2n) is 6.54. The van der Waals surface area contributed by atoms with E-state index in [4.69, 9.17) is 11.5 Å². The number of carbonyl (C=O) groups excluding carboxylic acids is 1. The molecule has 0 saturated heterocycles. The lowest BCUT2D eigenvalue weighted by molar-refractivity contribution is -0.122. The molecule has 1 unspecified atom stereocenters. The van der Waals surface area contributed by atoms with Crippen molar-refractivity contribution in [3.8, 4) is 0 Å². The van der Waals surface area contributed by atoms with E-state index < -0.39 is 11.4 Å². The minimum absolute atomic E-state index is 0.324. The van der Waals surface area contributed by atoms with Crippen molar-refractivity contribution < 1.29 is 4.79 Å². The summed E-state index contributed by atoms with van der Waals surface area (Å²) in [6.45, 7) is 10.5. The summed E-state index contributed by atoms with van der Waals surface area (Å²) in [7, 11) is 2.13. The van der Waals surface area contributed by atoms with Crippen LogP contribution in [0.5, 0.6) is 0 Å². The van der Waals surface area contributed by atoms with Gasteiger partial charge in [0.1, 0.15) is 0 Å². The maximum absolute atomic E-state index is 11.0. The van der Waals surface area contributed by atoms with Crippen molar-refractivity contribution in [3.63, 3.8) is 0 Å². The van der Waals surface area contributed by atoms with E-state index in [0.717, 1.165) is 25.9 Å². The summed E-state index contributed by atoms with van der Waals surface area (Å²) in [6.07, 6.45) is 2.64. The Labute approximate surface area is 106 Å². The van der Waals surface area contributed by atoms with Gasteiger partial charge in [-0.1, -0.05) is 20.8 Å². The predicted molar refractivity (Wildman–Crippen MR) is 72.6 cm³/mol. The van der Waals surface area contributed by atoms with E-state index >= 15 is 0 Å². The van der Waals surface area contributed by atoms with Gasteiger partial charge in [-0.2, -0.15) is 0 Å². The summed E-state index contributed by atoms with van der Waals surface area (Å²) in [5.41, 5.74) is 10.5. The first-order chi connectivity index (χ1) is 7.54. The predicted octanol–water partition coefficient (Wildman–Crippen LogP) is 1.34. The molecule has 4 N–H and O–H groups in total. The lowest BCUT2D eigenvalue weighted by atomic mass is 9.94. The number of primary amides is 1. The van der Waals surface area contributed by atoms with Crippen molar-refractivity contribution >= 4 is 5.91 Å². The van der Waals surface area contributed by atoms with Gasteiger partial charge in [0.2, 0.25) is 5.91 Å². The zero-order chi connectivity index (χ0) is 13.7. The molecule has 0 aromatic carbocycles. The number of amides is 1. The highest BCUT2D eigenvalue weighted by molar-refractivity contribution is 5.83. The van der Waals surface area contributed by atoms with Crippen LogP contribution in [0.15, 0.2) is 0 Å². The van der Waals surface area contributed by atoms with Crippen LogP contribution in [0.4, 0.5) is 0 Å². The van der Waals surface area contributed by atoms with Crippen LogP contribution in [0.25, 0.3) is 0 Å². The summed E-state index contributed by atoms with van der Waals surface area (Å²) in [4.78, 5) is 13.3. The van der Waals surface area contributed by atoms with Gasteiger partial charge in [-0.15, -0.1) is 0 Å². The normalized spacial score (nSPS) is 15.9. The van der Waals surface area contributed by atoms with Crippen molar-refractivity contribution in [2.75, 3.05) is 20.1 Å². The molecule has 0 aromatic rings. The Bertz CT molecular complexity index is 244. The molecular weight excluding hydrogens is 214 g/mol. The lowest BCUT2D eigenvalue weighted by Crippen LogP contribution is -2.49. The molecule has 102 valence electrons. The van der Waals surface area contributed by atoms with Crippen LogP contribution in [0.1, 0.15) is 47.0 Å². The maximum atomic E-state index is 11.0. The molecule has 1 amide bonds. The molecule has 4 nitrogen and oxygen atoms in total. The van der Waals surface area contributed by atoms with E-state index in [1.54, 1.807) is 6.92 Å². The first kappa shape index (κ1) is 16.4. The van der Waals surface area contributed by atoms with Gasteiger partial charge in [0.25, 0.3) is 0 Å². The average molecular weight is 243 g/mol. The molecule has 0 rings (SSSR count). The largest absolute Gasteiger partial charge is 0.368 e. The molecule has 0 radical (unpaired) electrons. The highest BCUT2D eigenvalue weighted by Gasteiger charge is 2.24. The van der Waals surface area contributed by atoms with Crippen molar-refractivity contribution in [2.24, 2.45) is 16.9 Å². The second kappa shape index (κ2) is 6.36. The third-order valence-electron chi connectivity index (χ3n) is 2.79. The van der Waals surface area contributed by atoms with Gasteiger partial charge < -0.3 is 16.4 Å². The van der Waals surface area contributed by atoms with Gasteiger partial charge >= 0.3 is 0 Å². The van der Waals surface area contributed by atoms with Crippen LogP contribution in [0.3, 0.4) is 0 Å². The molecule has 0 saturated carbocycles. The van der Waals surface area contributed by atoms with Crippen LogP contribution in [-0.4, -0.2) is 36.5 Å². The summed E-state index contributed by atoms with van der Waals surface area (Å²) >= 11 is 0. The Morgan fingerprint density at radius 2 is 1.71 bits per heavy atom. The fraction of sp³-hybridized carbons (Fsp3) is 0.923. The van der Waals surface area contributed by atoms with E-state index in [1.807, 2.05) is 0 Å². The van der Waals surface area contributed by atoms with Gasteiger partial charge in [0.05, 0.1) is 5.54 Å². The summed E-state index contributed by atoms with van der Waals surface area (Å²) in [6, 6.07) is 0. The number of hydrogen-bond acceptors (Lipinski definition) is 3. The minimum atomic E-state index is -0.859. The van der Waals surface area contributed by atoms with Crippen molar-refractivity contribution in [2.45, 2.75) is 52.5 Å². The summed E-state index contributed by atoms with van der Waals surface area (Å²) < 4.78 is 0. The van der Waals surface area contributed by atoms with E-state index in [1.165, 1.54) is 0 Å². The molecule has 17 heavy (non-hydrogen) atoms. The molecule has 0 heterocycles. The fourth-order valence-corrected chi connectivity index (χ4v) is 1.89. The molecule has 0 aliphatic rings. The second-order valence-corrected chi connectivity index (χ2v) is 6.54. The highest BCUT2D eigenvalue weighted by atomic mass is 16.1. The summed E-state index contributed by atoms with van der Waals surface area (Å²) in [5.74, 6) is -0.416. The molecule has 0 aromatic heterocycles. The molecule has 0 bridgehead atoms. The first-order valence-corrected chi connectivity index (χ1v) is 6.32. The molecule has 1 atom stereocenters. The van der Waals surface area contributed by atoms with Gasteiger partial charge in [0.15, 0.2) is 0 Å². The SMILES string of the molecule is CN(CCCCC(C)(N)C(N)=O)CC(C)(C)C. The van der Waals surface area contributed by atoms with Gasteiger partial charge in [-0.25, -0.2) is 0 Å². The molecular formula is C13H29N3O. The molecule has 0 fully saturated rings. The van der Waals surface area contributed by atoms with Crippen LogP contribution in [0.2, 0.25) is 0 Å². The van der Waals surface area contributed by atoms with Gasteiger partial charge in [0, 0.05) is 6.54 Å².